The zero-order chi connectivity index (χ0) is 27.0. The topological polar surface area (TPSA) is 86.8 Å². The standard InChI is InChI=1S/C27H29ClFN3O4S/c1-3-17-30-27(34)20(2)31(18-21-9-7-8-12-25(21)28)26(33)19-32(23-15-13-22(29)14-16-23)37(35,36)24-10-5-4-6-11-24/h4-16,20H,3,17-19H2,1-2H3,(H,30,34). The van der Waals surface area contributed by atoms with Gasteiger partial charge in [-0.25, -0.2) is 12.8 Å². The first-order chi connectivity index (χ1) is 17.6. The number of halogens is 2. The molecule has 3 aromatic rings. The lowest BCUT2D eigenvalue weighted by molar-refractivity contribution is -0.139. The second-order valence-electron chi connectivity index (χ2n) is 8.38. The highest BCUT2D eigenvalue weighted by molar-refractivity contribution is 7.92. The van der Waals surface area contributed by atoms with Crippen molar-refractivity contribution in [1.29, 1.82) is 0 Å². The molecule has 0 fully saturated rings. The minimum absolute atomic E-state index is 0.0120. The Labute approximate surface area is 221 Å². The molecular formula is C27H29ClFN3O4S. The summed E-state index contributed by atoms with van der Waals surface area (Å²) in [6.07, 6.45) is 0.713. The van der Waals surface area contributed by atoms with Crippen molar-refractivity contribution in [3.63, 3.8) is 0 Å². The molecule has 0 radical (unpaired) electrons. The zero-order valence-electron chi connectivity index (χ0n) is 20.6. The van der Waals surface area contributed by atoms with E-state index in [4.69, 9.17) is 11.6 Å². The maximum atomic E-state index is 13.7. The van der Waals surface area contributed by atoms with Crippen molar-refractivity contribution < 1.29 is 22.4 Å². The number of nitrogens with zero attached hydrogens (tertiary/aromatic N) is 2. The third kappa shape index (κ3) is 7.08. The van der Waals surface area contributed by atoms with Crippen LogP contribution in [0.4, 0.5) is 10.1 Å². The van der Waals surface area contributed by atoms with Gasteiger partial charge in [0.25, 0.3) is 10.0 Å². The highest BCUT2D eigenvalue weighted by atomic mass is 35.5. The number of amides is 2. The monoisotopic (exact) mass is 545 g/mol. The van der Waals surface area contributed by atoms with E-state index in [2.05, 4.69) is 5.32 Å². The summed E-state index contributed by atoms with van der Waals surface area (Å²) in [4.78, 5) is 27.8. The number of carbonyl (C=O) groups excluding carboxylic acids is 2. The molecule has 10 heteroatoms. The SMILES string of the molecule is CCCNC(=O)C(C)N(Cc1ccccc1Cl)C(=O)CN(c1ccc(F)cc1)S(=O)(=O)c1ccccc1. The van der Waals surface area contributed by atoms with Gasteiger partial charge in [0.1, 0.15) is 18.4 Å². The van der Waals surface area contributed by atoms with Gasteiger partial charge in [0, 0.05) is 18.1 Å². The van der Waals surface area contributed by atoms with Gasteiger partial charge in [-0.15, -0.1) is 0 Å². The third-order valence-corrected chi connectivity index (χ3v) is 7.90. The summed E-state index contributed by atoms with van der Waals surface area (Å²) in [6.45, 7) is 3.29. The maximum Gasteiger partial charge on any atom is 0.264 e. The number of rotatable bonds is 11. The molecule has 2 amide bonds. The number of benzene rings is 3. The first-order valence-corrected chi connectivity index (χ1v) is 13.6. The van der Waals surface area contributed by atoms with Crippen LogP contribution in [0.1, 0.15) is 25.8 Å². The molecule has 1 unspecified atom stereocenters. The Morgan fingerprint density at radius 3 is 2.22 bits per heavy atom. The number of sulfonamides is 1. The van der Waals surface area contributed by atoms with E-state index in [-0.39, 0.29) is 23.0 Å². The van der Waals surface area contributed by atoms with E-state index < -0.39 is 34.3 Å². The van der Waals surface area contributed by atoms with Crippen molar-refractivity contribution in [3.05, 3.63) is 95.3 Å². The normalized spacial score (nSPS) is 12.0. The van der Waals surface area contributed by atoms with E-state index in [1.165, 1.54) is 29.2 Å². The Hall–Kier alpha value is -3.43. The fraction of sp³-hybridized carbons (Fsp3) is 0.259. The molecule has 0 aliphatic rings. The van der Waals surface area contributed by atoms with E-state index in [1.54, 1.807) is 49.4 Å². The van der Waals surface area contributed by atoms with Crippen molar-refractivity contribution in [3.8, 4) is 0 Å². The summed E-state index contributed by atoms with van der Waals surface area (Å²) in [5, 5.41) is 3.19. The minimum atomic E-state index is -4.20. The second-order valence-corrected chi connectivity index (χ2v) is 10.7. The Balaban J connectivity index is 2.01. The van der Waals surface area contributed by atoms with Crippen LogP contribution in [0.3, 0.4) is 0 Å². The first-order valence-electron chi connectivity index (χ1n) is 11.8. The Kier molecular flexibility index (Phi) is 9.66. The van der Waals surface area contributed by atoms with Crippen molar-refractivity contribution in [2.45, 2.75) is 37.8 Å². The van der Waals surface area contributed by atoms with Crippen LogP contribution in [0, 0.1) is 5.82 Å². The fourth-order valence-electron chi connectivity index (χ4n) is 3.64. The molecule has 0 aliphatic carbocycles. The summed E-state index contributed by atoms with van der Waals surface area (Å²) >= 11 is 6.33. The van der Waals surface area contributed by atoms with Gasteiger partial charge in [0.2, 0.25) is 11.8 Å². The molecule has 3 aromatic carbocycles. The quantitative estimate of drug-likeness (QED) is 0.381. The average Bonchev–Trinajstić information content (AvgIpc) is 2.90. The molecule has 0 aliphatic heterocycles. The Bertz CT molecular complexity index is 1320. The van der Waals surface area contributed by atoms with Gasteiger partial charge in [-0.1, -0.05) is 54.9 Å². The van der Waals surface area contributed by atoms with Crippen LogP contribution in [0.5, 0.6) is 0 Å². The average molecular weight is 546 g/mol. The molecule has 37 heavy (non-hydrogen) atoms. The van der Waals surface area contributed by atoms with Crippen molar-refractivity contribution in [2.75, 3.05) is 17.4 Å². The van der Waals surface area contributed by atoms with Gasteiger partial charge in [0.15, 0.2) is 0 Å². The molecule has 0 aromatic heterocycles. The summed E-state index contributed by atoms with van der Waals surface area (Å²) in [5.74, 6) is -1.54. The summed E-state index contributed by atoms with van der Waals surface area (Å²) < 4.78 is 41.7. The van der Waals surface area contributed by atoms with Crippen molar-refractivity contribution >= 4 is 39.1 Å². The number of carbonyl (C=O) groups is 2. The minimum Gasteiger partial charge on any atom is -0.354 e. The van der Waals surface area contributed by atoms with Crippen LogP contribution in [-0.2, 0) is 26.2 Å². The molecule has 1 atom stereocenters. The molecule has 7 nitrogen and oxygen atoms in total. The number of hydrogen-bond donors (Lipinski definition) is 1. The summed E-state index contributed by atoms with van der Waals surface area (Å²) in [5.41, 5.74) is 0.714. The van der Waals surface area contributed by atoms with Crippen LogP contribution in [0.15, 0.2) is 83.8 Å². The second kappa shape index (κ2) is 12.7. The predicted octanol–water partition coefficient (Wildman–Crippen LogP) is 4.62. The van der Waals surface area contributed by atoms with Crippen LogP contribution in [0.25, 0.3) is 0 Å². The molecule has 0 saturated carbocycles. The highest BCUT2D eigenvalue weighted by Crippen LogP contribution is 2.25. The zero-order valence-corrected chi connectivity index (χ0v) is 22.2. The molecular weight excluding hydrogens is 517 g/mol. The van der Waals surface area contributed by atoms with Crippen molar-refractivity contribution in [1.82, 2.24) is 10.2 Å². The molecule has 0 bridgehead atoms. The van der Waals surface area contributed by atoms with E-state index in [0.717, 1.165) is 16.4 Å². The Morgan fingerprint density at radius 1 is 0.973 bits per heavy atom. The van der Waals surface area contributed by atoms with Crippen molar-refractivity contribution in [2.24, 2.45) is 0 Å². The predicted molar refractivity (Wildman–Crippen MR) is 142 cm³/mol. The first kappa shape index (κ1) is 28.1. The van der Waals surface area contributed by atoms with Crippen LogP contribution in [-0.4, -0.2) is 44.3 Å². The van der Waals surface area contributed by atoms with Gasteiger partial charge in [-0.3, -0.25) is 13.9 Å². The maximum absolute atomic E-state index is 13.7. The third-order valence-electron chi connectivity index (χ3n) is 5.74. The van der Waals surface area contributed by atoms with Gasteiger partial charge >= 0.3 is 0 Å². The molecule has 0 heterocycles. The van der Waals surface area contributed by atoms with E-state index in [9.17, 15) is 22.4 Å². The molecule has 0 saturated heterocycles. The van der Waals surface area contributed by atoms with Gasteiger partial charge < -0.3 is 10.2 Å². The largest absolute Gasteiger partial charge is 0.354 e. The summed E-state index contributed by atoms with van der Waals surface area (Å²) in [6, 6.07) is 18.5. The lowest BCUT2D eigenvalue weighted by atomic mass is 10.1. The molecule has 0 spiro atoms. The molecule has 3 rings (SSSR count). The summed E-state index contributed by atoms with van der Waals surface area (Å²) in [7, 11) is -4.20. The Morgan fingerprint density at radius 2 is 1.59 bits per heavy atom. The molecule has 196 valence electrons. The number of nitrogens with one attached hydrogen (secondary N) is 1. The number of hydrogen-bond acceptors (Lipinski definition) is 4. The lowest BCUT2D eigenvalue weighted by Crippen LogP contribution is -2.51. The lowest BCUT2D eigenvalue weighted by Gasteiger charge is -2.32. The van der Waals surface area contributed by atoms with Crippen LogP contribution < -0.4 is 9.62 Å². The molecule has 1 N–H and O–H groups in total. The smallest absolute Gasteiger partial charge is 0.264 e. The van der Waals surface area contributed by atoms with E-state index in [0.29, 0.717) is 23.6 Å². The number of anilines is 1. The van der Waals surface area contributed by atoms with E-state index >= 15 is 0 Å². The van der Waals surface area contributed by atoms with E-state index in [1.807, 2.05) is 6.92 Å². The van der Waals surface area contributed by atoms with Crippen LogP contribution >= 0.6 is 11.6 Å². The highest BCUT2D eigenvalue weighted by Gasteiger charge is 2.32. The van der Waals surface area contributed by atoms with Crippen LogP contribution in [0.2, 0.25) is 5.02 Å². The fourth-order valence-corrected chi connectivity index (χ4v) is 5.28. The van der Waals surface area contributed by atoms with Gasteiger partial charge in [0.05, 0.1) is 10.6 Å². The van der Waals surface area contributed by atoms with Gasteiger partial charge in [-0.05, 0) is 61.4 Å². The van der Waals surface area contributed by atoms with Gasteiger partial charge in [-0.2, -0.15) is 0 Å².